The molecule has 0 saturated heterocycles. The van der Waals surface area contributed by atoms with Crippen molar-refractivity contribution in [2.75, 3.05) is 46.8 Å². The Morgan fingerprint density at radius 3 is 0.550 bits per heavy atom. The van der Waals surface area contributed by atoms with Gasteiger partial charge in [-0.15, -0.1) is 0 Å². The molecule has 0 aliphatic carbocycles. The maximum Gasteiger partial charge on any atom is 0.100 e. The van der Waals surface area contributed by atoms with Crippen molar-refractivity contribution in [3.05, 3.63) is 0 Å². The third kappa shape index (κ3) is 36.0. The Kier molecular flexibility index (Phi) is 37.7. The third-order valence-corrected chi connectivity index (χ3v) is 1.26. The second-order valence-corrected chi connectivity index (χ2v) is 3.06. The summed E-state index contributed by atoms with van der Waals surface area (Å²) in [6.07, 6.45) is -2.86. The quantitative estimate of drug-likeness (QED) is 0.225. The highest BCUT2D eigenvalue weighted by Crippen LogP contribution is 1.72. The van der Waals surface area contributed by atoms with Gasteiger partial charge in [0, 0.05) is 7.11 Å². The molecule has 10 N–H and O–H groups in total. The van der Waals surface area contributed by atoms with E-state index in [1.165, 1.54) is 0 Å². The summed E-state index contributed by atoms with van der Waals surface area (Å²) < 4.78 is 0. The van der Waals surface area contributed by atoms with Gasteiger partial charge in [0.25, 0.3) is 0 Å². The average molecular weight is 308 g/mol. The lowest BCUT2D eigenvalue weighted by atomic mass is 10.4. The van der Waals surface area contributed by atoms with Gasteiger partial charge in [0.2, 0.25) is 0 Å². The molecule has 10 nitrogen and oxygen atoms in total. The lowest BCUT2D eigenvalue weighted by Gasteiger charge is -1.96. The lowest BCUT2D eigenvalue weighted by molar-refractivity contribution is 0.0450. The molecule has 0 spiro atoms. The van der Waals surface area contributed by atoms with E-state index in [1.807, 2.05) is 0 Å². The Hall–Kier alpha value is -0.400. The van der Waals surface area contributed by atoms with Gasteiger partial charge in [-0.1, -0.05) is 0 Å². The van der Waals surface area contributed by atoms with E-state index in [1.54, 1.807) is 0 Å². The predicted molar refractivity (Wildman–Crippen MR) is 68.7 cm³/mol. The fourth-order valence-electron chi connectivity index (χ4n) is 0.173. The van der Waals surface area contributed by atoms with Crippen LogP contribution < -0.4 is 0 Å². The van der Waals surface area contributed by atoms with Crippen molar-refractivity contribution in [3.8, 4) is 0 Å². The summed E-state index contributed by atoms with van der Waals surface area (Å²) in [6, 6.07) is 0. The summed E-state index contributed by atoms with van der Waals surface area (Å²) in [5, 5.41) is 79.0. The molecule has 0 aromatic heterocycles. The van der Waals surface area contributed by atoms with Crippen molar-refractivity contribution in [3.63, 3.8) is 0 Å². The minimum atomic E-state index is -0.954. The molecule has 0 amide bonds. The van der Waals surface area contributed by atoms with Crippen LogP contribution >= 0.6 is 0 Å². The summed E-state index contributed by atoms with van der Waals surface area (Å²) in [7, 11) is 1.00. The second-order valence-electron chi connectivity index (χ2n) is 3.06. The molecule has 0 aromatic carbocycles. The van der Waals surface area contributed by atoms with Crippen LogP contribution in [0.2, 0.25) is 0 Å². The van der Waals surface area contributed by atoms with Crippen LogP contribution in [0.1, 0.15) is 0 Å². The van der Waals surface area contributed by atoms with Gasteiger partial charge >= 0.3 is 0 Å². The van der Waals surface area contributed by atoms with Crippen LogP contribution in [0.15, 0.2) is 0 Å². The summed E-state index contributed by atoms with van der Waals surface area (Å²) in [6.45, 7) is -2.19. The van der Waals surface area contributed by atoms with Gasteiger partial charge in [0.15, 0.2) is 0 Å². The van der Waals surface area contributed by atoms with Crippen LogP contribution in [0.3, 0.4) is 0 Å². The summed E-state index contributed by atoms with van der Waals surface area (Å²) in [5.74, 6) is 0. The molecule has 0 unspecified atom stereocenters. The molecule has 0 rings (SSSR count). The zero-order valence-corrected chi connectivity index (χ0v) is 11.4. The first-order valence-corrected chi connectivity index (χ1v) is 5.57. The fourth-order valence-corrected chi connectivity index (χ4v) is 0.173. The van der Waals surface area contributed by atoms with E-state index in [0.717, 1.165) is 7.11 Å². The Labute approximate surface area is 117 Å². The van der Waals surface area contributed by atoms with Gasteiger partial charge in [-0.3, -0.25) is 0 Å². The number of hydrogen-bond acceptors (Lipinski definition) is 10. The molecule has 0 bridgehead atoms. The van der Waals surface area contributed by atoms with Gasteiger partial charge in [0.05, 0.1) is 39.6 Å². The molecule has 0 heterocycles. The molecule has 0 radical (unpaired) electrons. The van der Waals surface area contributed by atoms with Gasteiger partial charge in [-0.2, -0.15) is 0 Å². The number of hydrogen-bond donors (Lipinski definition) is 10. The van der Waals surface area contributed by atoms with Crippen LogP contribution in [0.5, 0.6) is 0 Å². The summed E-state index contributed by atoms with van der Waals surface area (Å²) in [5.41, 5.74) is 0. The normalized spacial score (nSPS) is 9.30. The van der Waals surface area contributed by atoms with Gasteiger partial charge in [0.1, 0.15) is 18.3 Å². The van der Waals surface area contributed by atoms with Crippen molar-refractivity contribution < 1.29 is 51.1 Å². The van der Waals surface area contributed by atoms with Gasteiger partial charge in [-0.05, 0) is 0 Å². The average Bonchev–Trinajstić information content (AvgIpc) is 2.55. The van der Waals surface area contributed by atoms with Crippen LogP contribution in [0.4, 0.5) is 0 Å². The van der Waals surface area contributed by atoms with Crippen molar-refractivity contribution in [1.82, 2.24) is 0 Å². The molecular formula is C10H28O10. The van der Waals surface area contributed by atoms with E-state index in [9.17, 15) is 0 Å². The number of aliphatic hydroxyl groups is 10. The first-order valence-electron chi connectivity index (χ1n) is 5.57. The molecule has 0 saturated carbocycles. The van der Waals surface area contributed by atoms with E-state index in [2.05, 4.69) is 0 Å². The topological polar surface area (TPSA) is 202 Å². The monoisotopic (exact) mass is 308 g/mol. The van der Waals surface area contributed by atoms with Crippen molar-refractivity contribution in [2.45, 2.75) is 18.3 Å². The highest BCUT2D eigenvalue weighted by molar-refractivity contribution is 4.44. The highest BCUT2D eigenvalue weighted by Gasteiger charge is 1.94. The fraction of sp³-hybridized carbons (Fsp3) is 1.00. The third-order valence-electron chi connectivity index (χ3n) is 1.26. The van der Waals surface area contributed by atoms with Gasteiger partial charge < -0.3 is 51.1 Å². The molecule has 0 aliphatic heterocycles. The highest BCUT2D eigenvalue weighted by atomic mass is 16.4. The zero-order chi connectivity index (χ0) is 17.0. The van der Waals surface area contributed by atoms with Crippen LogP contribution in [0.25, 0.3) is 0 Å². The largest absolute Gasteiger partial charge is 0.400 e. The Bertz CT molecular complexity index is 101. The molecule has 0 fully saturated rings. The molecular weight excluding hydrogens is 280 g/mol. The van der Waals surface area contributed by atoms with Crippen molar-refractivity contribution in [1.29, 1.82) is 0 Å². The molecule has 128 valence electrons. The van der Waals surface area contributed by atoms with E-state index < -0.39 is 18.3 Å². The van der Waals surface area contributed by atoms with Crippen molar-refractivity contribution >= 4 is 0 Å². The Morgan fingerprint density at radius 1 is 0.450 bits per heavy atom. The Balaban J connectivity index is -0.0000000902. The van der Waals surface area contributed by atoms with E-state index in [-0.39, 0.29) is 39.6 Å². The minimum Gasteiger partial charge on any atom is -0.400 e. The first kappa shape index (κ1) is 27.9. The van der Waals surface area contributed by atoms with E-state index in [0.29, 0.717) is 0 Å². The van der Waals surface area contributed by atoms with Crippen LogP contribution in [0, 0.1) is 0 Å². The van der Waals surface area contributed by atoms with Gasteiger partial charge in [-0.25, -0.2) is 0 Å². The van der Waals surface area contributed by atoms with E-state index in [4.69, 9.17) is 51.1 Å². The minimum absolute atomic E-state index is 0.365. The maximum absolute atomic E-state index is 8.17. The van der Waals surface area contributed by atoms with Crippen molar-refractivity contribution in [2.24, 2.45) is 0 Å². The number of rotatable bonds is 6. The molecule has 0 aliphatic rings. The van der Waals surface area contributed by atoms with Crippen LogP contribution in [-0.4, -0.2) is 116 Å². The molecule has 0 aromatic rings. The predicted octanol–water partition coefficient (Wildman–Crippen LogP) is -5.40. The lowest BCUT2D eigenvalue weighted by Crippen LogP contribution is -2.15. The SMILES string of the molecule is CO.OCC(O)CO.OCC(O)CO.OCC(O)CO. The smallest absolute Gasteiger partial charge is 0.100 e. The zero-order valence-electron chi connectivity index (χ0n) is 11.4. The summed E-state index contributed by atoms with van der Waals surface area (Å²) >= 11 is 0. The van der Waals surface area contributed by atoms with Crippen LogP contribution in [-0.2, 0) is 0 Å². The maximum atomic E-state index is 8.17. The Morgan fingerprint density at radius 2 is 0.550 bits per heavy atom. The molecule has 0 atom stereocenters. The second kappa shape index (κ2) is 27.0. The number of aliphatic hydroxyl groups excluding tert-OH is 10. The first-order chi connectivity index (χ1) is 9.42. The molecule has 10 heteroatoms. The molecule has 20 heavy (non-hydrogen) atoms. The van der Waals surface area contributed by atoms with E-state index >= 15 is 0 Å². The standard InChI is InChI=1S/3C3H8O3.CH4O/c3*4-1-3(6)2-5;1-2/h3*3-6H,1-2H2;2H,1H3. The summed E-state index contributed by atoms with van der Waals surface area (Å²) in [4.78, 5) is 0.